The monoisotopic (exact) mass is 298 g/mol. The van der Waals surface area contributed by atoms with E-state index in [0.29, 0.717) is 23.5 Å². The second kappa shape index (κ2) is 4.76. The lowest BCUT2D eigenvalue weighted by Gasteiger charge is -2.34. The molecule has 2 heterocycles. The zero-order valence-corrected chi connectivity index (χ0v) is 12.1. The zero-order chi connectivity index (χ0) is 15.3. The van der Waals surface area contributed by atoms with Crippen molar-refractivity contribution in [2.45, 2.75) is 25.8 Å². The summed E-state index contributed by atoms with van der Waals surface area (Å²) in [5.74, 6) is 0.535. The molecule has 0 fully saturated rings. The minimum atomic E-state index is -0.546. The number of anilines is 1. The summed E-state index contributed by atoms with van der Waals surface area (Å²) >= 11 is 0. The van der Waals surface area contributed by atoms with E-state index in [4.69, 9.17) is 0 Å². The number of rotatable bonds is 1. The third-order valence-corrected chi connectivity index (χ3v) is 4.27. The number of carbonyl (C=O) groups excluding carboxylic acids is 1. The number of Topliss-reactive ketones (excluding diaryl/α,β-unsaturated/α-hetero) is 1. The van der Waals surface area contributed by atoms with Gasteiger partial charge >= 0.3 is 0 Å². The van der Waals surface area contributed by atoms with E-state index >= 15 is 0 Å². The summed E-state index contributed by atoms with van der Waals surface area (Å²) in [6.45, 7) is 2.04. The highest BCUT2D eigenvalue weighted by Crippen LogP contribution is 2.41. The number of carbonyl (C=O) groups is 1. The standard InChI is InChI=1S/C16H15FN4O/c1-9-6-12-14(13(22)7-9)15(10-4-2-3-5-11(10)17)21-16(20-12)18-8-19-21/h2-5,8-9,15H,6-7H2,1H3,(H,18,19,20)/t9-,15+/m0/s1. The Labute approximate surface area is 126 Å². The van der Waals surface area contributed by atoms with Crippen LogP contribution >= 0.6 is 0 Å². The smallest absolute Gasteiger partial charge is 0.226 e. The lowest BCUT2D eigenvalue weighted by molar-refractivity contribution is -0.117. The van der Waals surface area contributed by atoms with Crippen LogP contribution in [0.5, 0.6) is 0 Å². The summed E-state index contributed by atoms with van der Waals surface area (Å²) in [7, 11) is 0. The van der Waals surface area contributed by atoms with Gasteiger partial charge < -0.3 is 5.32 Å². The van der Waals surface area contributed by atoms with Crippen LogP contribution in [0.2, 0.25) is 0 Å². The Balaban J connectivity index is 1.94. The maximum atomic E-state index is 14.3. The predicted octanol–water partition coefficient (Wildman–Crippen LogP) is 2.69. The molecule has 0 spiro atoms. The number of hydrogen-bond acceptors (Lipinski definition) is 4. The number of hydrogen-bond donors (Lipinski definition) is 1. The zero-order valence-electron chi connectivity index (χ0n) is 12.1. The largest absolute Gasteiger partial charge is 0.328 e. The first-order valence-corrected chi connectivity index (χ1v) is 7.32. The second-order valence-electron chi connectivity index (χ2n) is 5.91. The molecule has 2 aromatic rings. The van der Waals surface area contributed by atoms with Gasteiger partial charge in [-0.3, -0.25) is 4.79 Å². The molecule has 0 saturated carbocycles. The Kier molecular flexibility index (Phi) is 2.85. The van der Waals surface area contributed by atoms with Gasteiger partial charge in [-0.15, -0.1) is 0 Å². The van der Waals surface area contributed by atoms with Crippen LogP contribution in [0, 0.1) is 11.7 Å². The number of nitrogens with zero attached hydrogens (tertiary/aromatic N) is 3. The molecule has 2 atom stereocenters. The number of nitrogens with one attached hydrogen (secondary N) is 1. The van der Waals surface area contributed by atoms with Crippen molar-refractivity contribution < 1.29 is 9.18 Å². The van der Waals surface area contributed by atoms with E-state index in [0.717, 1.165) is 12.1 Å². The van der Waals surface area contributed by atoms with Gasteiger partial charge in [-0.2, -0.15) is 10.1 Å². The highest BCUT2D eigenvalue weighted by Gasteiger charge is 2.38. The van der Waals surface area contributed by atoms with Gasteiger partial charge in [0.15, 0.2) is 5.78 Å². The summed E-state index contributed by atoms with van der Waals surface area (Å²) < 4.78 is 15.9. The van der Waals surface area contributed by atoms with Crippen LogP contribution in [0.15, 0.2) is 41.9 Å². The molecule has 112 valence electrons. The third kappa shape index (κ3) is 1.87. The van der Waals surface area contributed by atoms with Crippen molar-refractivity contribution >= 4 is 11.7 Å². The minimum Gasteiger partial charge on any atom is -0.328 e. The maximum Gasteiger partial charge on any atom is 0.226 e. The highest BCUT2D eigenvalue weighted by molar-refractivity contribution is 5.99. The molecular weight excluding hydrogens is 283 g/mol. The van der Waals surface area contributed by atoms with Gasteiger partial charge in [0.05, 0.1) is 0 Å². The molecule has 0 unspecified atom stereocenters. The molecule has 22 heavy (non-hydrogen) atoms. The fraction of sp³-hybridized carbons (Fsp3) is 0.312. The Morgan fingerprint density at radius 2 is 2.14 bits per heavy atom. The van der Waals surface area contributed by atoms with Gasteiger partial charge in [0.25, 0.3) is 0 Å². The number of benzene rings is 1. The first-order chi connectivity index (χ1) is 10.6. The van der Waals surface area contributed by atoms with E-state index in [2.05, 4.69) is 15.4 Å². The number of halogens is 1. The first kappa shape index (κ1) is 13.2. The van der Waals surface area contributed by atoms with E-state index in [1.54, 1.807) is 22.9 Å². The summed E-state index contributed by atoms with van der Waals surface area (Å²) in [5, 5.41) is 7.37. The van der Waals surface area contributed by atoms with Gasteiger partial charge in [0.2, 0.25) is 5.95 Å². The summed E-state index contributed by atoms with van der Waals surface area (Å²) in [6.07, 6.45) is 2.66. The summed E-state index contributed by atoms with van der Waals surface area (Å²) in [4.78, 5) is 16.8. The average Bonchev–Trinajstić information content (AvgIpc) is 2.93. The van der Waals surface area contributed by atoms with Crippen molar-refractivity contribution in [3.8, 4) is 0 Å². The van der Waals surface area contributed by atoms with E-state index < -0.39 is 6.04 Å². The molecule has 0 saturated heterocycles. The van der Waals surface area contributed by atoms with Crippen LogP contribution in [0.4, 0.5) is 10.3 Å². The first-order valence-electron chi connectivity index (χ1n) is 7.32. The van der Waals surface area contributed by atoms with Crippen molar-refractivity contribution in [2.24, 2.45) is 5.92 Å². The highest BCUT2D eigenvalue weighted by atomic mass is 19.1. The van der Waals surface area contributed by atoms with Crippen LogP contribution in [0.25, 0.3) is 0 Å². The van der Waals surface area contributed by atoms with Gasteiger partial charge in [-0.1, -0.05) is 25.1 Å². The van der Waals surface area contributed by atoms with E-state index in [9.17, 15) is 9.18 Å². The van der Waals surface area contributed by atoms with E-state index in [1.807, 2.05) is 6.92 Å². The fourth-order valence-corrected chi connectivity index (χ4v) is 3.33. The normalized spacial score (nSPS) is 23.8. The molecule has 1 aliphatic carbocycles. The van der Waals surface area contributed by atoms with Crippen LogP contribution in [-0.2, 0) is 4.79 Å². The van der Waals surface area contributed by atoms with Crippen LogP contribution in [-0.4, -0.2) is 20.5 Å². The summed E-state index contributed by atoms with van der Waals surface area (Å²) in [6, 6.07) is 5.97. The van der Waals surface area contributed by atoms with E-state index in [-0.39, 0.29) is 17.5 Å². The molecule has 4 rings (SSSR count). The molecule has 1 aromatic heterocycles. The van der Waals surface area contributed by atoms with Crippen molar-refractivity contribution in [3.63, 3.8) is 0 Å². The predicted molar refractivity (Wildman–Crippen MR) is 78.6 cm³/mol. The third-order valence-electron chi connectivity index (χ3n) is 4.27. The molecular formula is C16H15FN4O. The van der Waals surface area contributed by atoms with Gasteiger partial charge in [0, 0.05) is 23.3 Å². The van der Waals surface area contributed by atoms with Gasteiger partial charge in [-0.05, 0) is 18.4 Å². The lowest BCUT2D eigenvalue weighted by Crippen LogP contribution is -2.33. The molecule has 1 aromatic carbocycles. The lowest BCUT2D eigenvalue weighted by atomic mass is 9.81. The molecule has 0 amide bonds. The van der Waals surface area contributed by atoms with E-state index in [1.165, 1.54) is 12.4 Å². The Morgan fingerprint density at radius 1 is 1.32 bits per heavy atom. The summed E-state index contributed by atoms with van der Waals surface area (Å²) in [5.41, 5.74) is 1.91. The van der Waals surface area contributed by atoms with Crippen LogP contribution in [0.3, 0.4) is 0 Å². The topological polar surface area (TPSA) is 59.8 Å². The molecule has 1 N–H and O–H groups in total. The number of aromatic nitrogens is 3. The molecule has 2 aliphatic rings. The van der Waals surface area contributed by atoms with Gasteiger partial charge in [-0.25, -0.2) is 9.07 Å². The molecule has 0 bridgehead atoms. The number of fused-ring (bicyclic) bond motifs is 1. The Morgan fingerprint density at radius 3 is 2.95 bits per heavy atom. The Bertz CT molecular complexity index is 795. The van der Waals surface area contributed by atoms with Gasteiger partial charge in [0.1, 0.15) is 18.2 Å². The van der Waals surface area contributed by atoms with Crippen molar-refractivity contribution in [2.75, 3.05) is 5.32 Å². The quantitative estimate of drug-likeness (QED) is 0.879. The molecule has 5 nitrogen and oxygen atoms in total. The minimum absolute atomic E-state index is 0.0515. The van der Waals surface area contributed by atoms with Crippen molar-refractivity contribution in [1.29, 1.82) is 0 Å². The SMILES string of the molecule is C[C@@H]1CC(=O)C2=C(C1)Nc1ncnn1[C@@H]2c1ccccc1F. The van der Waals surface area contributed by atoms with Crippen LogP contribution in [0.1, 0.15) is 31.4 Å². The van der Waals surface area contributed by atoms with Crippen molar-refractivity contribution in [1.82, 2.24) is 14.8 Å². The second-order valence-corrected chi connectivity index (χ2v) is 5.91. The number of ketones is 1. The number of allylic oxidation sites excluding steroid dienone is 2. The fourth-order valence-electron chi connectivity index (χ4n) is 3.33. The Hall–Kier alpha value is -2.50. The van der Waals surface area contributed by atoms with Crippen molar-refractivity contribution in [3.05, 3.63) is 53.2 Å². The molecule has 6 heteroatoms. The maximum absolute atomic E-state index is 14.3. The van der Waals surface area contributed by atoms with Crippen LogP contribution < -0.4 is 5.32 Å². The average molecular weight is 298 g/mol. The molecule has 0 radical (unpaired) electrons. The molecule has 1 aliphatic heterocycles.